The molecule has 1 amide bonds. The van der Waals surface area contributed by atoms with Crippen LogP contribution in [0.3, 0.4) is 0 Å². The van der Waals surface area contributed by atoms with Crippen LogP contribution in [-0.2, 0) is 4.79 Å². The third-order valence-corrected chi connectivity index (χ3v) is 4.61. The third kappa shape index (κ3) is 3.66. The number of piperazine rings is 1. The Kier molecular flexibility index (Phi) is 4.97. The summed E-state index contributed by atoms with van der Waals surface area (Å²) in [4.78, 5) is 21.4. The zero-order valence-corrected chi connectivity index (χ0v) is 14.5. The van der Waals surface area contributed by atoms with Gasteiger partial charge in [0, 0.05) is 43.3 Å². The first kappa shape index (κ1) is 16.7. The van der Waals surface area contributed by atoms with Crippen molar-refractivity contribution in [2.24, 2.45) is 0 Å². The average molecular weight is 328 g/mol. The van der Waals surface area contributed by atoms with E-state index in [1.165, 1.54) is 0 Å². The highest BCUT2D eigenvalue weighted by Crippen LogP contribution is 2.21. The molecule has 1 aliphatic rings. The summed E-state index contributed by atoms with van der Waals surface area (Å²) in [6.45, 7) is 5.81. The number of aromatic nitrogens is 1. The van der Waals surface area contributed by atoms with Crippen molar-refractivity contribution in [2.45, 2.75) is 13.0 Å². The minimum atomic E-state index is -0.136. The highest BCUT2D eigenvalue weighted by atomic mass is 16.5. The second kappa shape index (κ2) is 7.15. The fourth-order valence-electron chi connectivity index (χ4n) is 2.92. The third-order valence-electron chi connectivity index (χ3n) is 4.61. The van der Waals surface area contributed by atoms with E-state index in [4.69, 9.17) is 4.74 Å². The molecule has 1 aromatic carbocycles. The number of hydrogen-bond acceptors (Lipinski definition) is 5. The van der Waals surface area contributed by atoms with Crippen LogP contribution in [0.15, 0.2) is 30.3 Å². The number of anilines is 1. The summed E-state index contributed by atoms with van der Waals surface area (Å²) in [5, 5.41) is 3.99. The normalized spacial score (nSPS) is 17.6. The minimum Gasteiger partial charge on any atom is -0.481 e. The van der Waals surface area contributed by atoms with Gasteiger partial charge < -0.3 is 15.0 Å². The van der Waals surface area contributed by atoms with E-state index in [2.05, 4.69) is 27.1 Å². The molecule has 6 heteroatoms. The number of nitrogens with one attached hydrogen (secondary N) is 1. The molecule has 1 saturated heterocycles. The van der Waals surface area contributed by atoms with Gasteiger partial charge in [-0.05, 0) is 38.2 Å². The van der Waals surface area contributed by atoms with Crippen LogP contribution in [0.5, 0.6) is 5.88 Å². The molecule has 2 aromatic rings. The van der Waals surface area contributed by atoms with Crippen LogP contribution in [0.1, 0.15) is 6.92 Å². The first-order chi connectivity index (χ1) is 11.6. The second-order valence-electron chi connectivity index (χ2n) is 6.27. The molecule has 0 bridgehead atoms. The molecule has 0 spiro atoms. The highest BCUT2D eigenvalue weighted by Gasteiger charge is 2.24. The maximum atomic E-state index is 12.5. The number of ether oxygens (including phenoxy) is 1. The van der Waals surface area contributed by atoms with Gasteiger partial charge in [0.2, 0.25) is 11.8 Å². The molecule has 1 atom stereocenters. The fraction of sp³-hybridized carbons (Fsp3) is 0.444. The molecule has 0 aliphatic carbocycles. The lowest BCUT2D eigenvalue weighted by Crippen LogP contribution is -2.51. The number of amides is 1. The molecule has 6 nitrogen and oxygen atoms in total. The molecule has 128 valence electrons. The summed E-state index contributed by atoms with van der Waals surface area (Å²) in [6, 6.07) is 9.35. The first-order valence-electron chi connectivity index (χ1n) is 8.25. The van der Waals surface area contributed by atoms with E-state index in [9.17, 15) is 4.79 Å². The van der Waals surface area contributed by atoms with Crippen LogP contribution >= 0.6 is 0 Å². The van der Waals surface area contributed by atoms with E-state index in [1.807, 2.05) is 37.3 Å². The smallest absolute Gasteiger partial charge is 0.241 e. The van der Waals surface area contributed by atoms with Crippen molar-refractivity contribution >= 4 is 22.5 Å². The Morgan fingerprint density at radius 2 is 1.96 bits per heavy atom. The topological polar surface area (TPSA) is 57.7 Å². The number of benzene rings is 1. The largest absolute Gasteiger partial charge is 0.481 e. The highest BCUT2D eigenvalue weighted by molar-refractivity contribution is 5.96. The standard InChI is InChI=1S/C18H24N4O2/c1-13(22-10-8-21(2)9-11-22)18(23)19-15-5-6-16-14(12-15)4-7-17(20-16)24-3/h4-7,12-13H,8-11H2,1-3H3,(H,19,23). The van der Waals surface area contributed by atoms with E-state index in [-0.39, 0.29) is 11.9 Å². The predicted octanol–water partition coefficient (Wildman–Crippen LogP) is 1.82. The summed E-state index contributed by atoms with van der Waals surface area (Å²) in [5.74, 6) is 0.614. The molecule has 24 heavy (non-hydrogen) atoms. The summed E-state index contributed by atoms with van der Waals surface area (Å²) in [6.07, 6.45) is 0. The number of hydrogen-bond donors (Lipinski definition) is 1. The molecule has 1 aromatic heterocycles. The van der Waals surface area contributed by atoms with E-state index in [0.29, 0.717) is 5.88 Å². The summed E-state index contributed by atoms with van der Waals surface area (Å²) < 4.78 is 5.13. The Morgan fingerprint density at radius 1 is 1.21 bits per heavy atom. The summed E-state index contributed by atoms with van der Waals surface area (Å²) in [5.41, 5.74) is 1.64. The molecule has 1 N–H and O–H groups in total. The Balaban J connectivity index is 1.68. The van der Waals surface area contributed by atoms with Crippen LogP contribution in [0.4, 0.5) is 5.69 Å². The minimum absolute atomic E-state index is 0.0281. The summed E-state index contributed by atoms with van der Waals surface area (Å²) in [7, 11) is 3.71. The van der Waals surface area contributed by atoms with Gasteiger partial charge in [-0.2, -0.15) is 0 Å². The molecular weight excluding hydrogens is 304 g/mol. The molecule has 1 aliphatic heterocycles. The van der Waals surface area contributed by atoms with Crippen LogP contribution in [0, 0.1) is 0 Å². The molecular formula is C18H24N4O2. The monoisotopic (exact) mass is 328 g/mol. The van der Waals surface area contributed by atoms with Crippen molar-refractivity contribution in [3.63, 3.8) is 0 Å². The zero-order chi connectivity index (χ0) is 17.1. The van der Waals surface area contributed by atoms with E-state index in [1.54, 1.807) is 7.11 Å². The number of pyridine rings is 1. The molecule has 2 heterocycles. The fourth-order valence-corrected chi connectivity index (χ4v) is 2.92. The molecule has 1 fully saturated rings. The molecule has 3 rings (SSSR count). The van der Waals surface area contributed by atoms with Gasteiger partial charge in [0.1, 0.15) is 0 Å². The Labute approximate surface area is 142 Å². The maximum absolute atomic E-state index is 12.5. The Hall–Kier alpha value is -2.18. The number of rotatable bonds is 4. The lowest BCUT2D eigenvalue weighted by atomic mass is 10.1. The summed E-state index contributed by atoms with van der Waals surface area (Å²) >= 11 is 0. The van der Waals surface area contributed by atoms with Crippen LogP contribution in [0.2, 0.25) is 0 Å². The Bertz CT molecular complexity index is 726. The lowest BCUT2D eigenvalue weighted by molar-refractivity contribution is -0.121. The molecule has 1 unspecified atom stereocenters. The van der Waals surface area contributed by atoms with E-state index < -0.39 is 0 Å². The SMILES string of the molecule is COc1ccc2cc(NC(=O)C(C)N3CCN(C)CC3)ccc2n1. The number of likely N-dealkylation sites (N-methyl/N-ethyl adjacent to an activating group) is 1. The van der Waals surface area contributed by atoms with Gasteiger partial charge >= 0.3 is 0 Å². The van der Waals surface area contributed by atoms with Gasteiger partial charge in [-0.3, -0.25) is 9.69 Å². The van der Waals surface area contributed by atoms with E-state index >= 15 is 0 Å². The average Bonchev–Trinajstić information content (AvgIpc) is 2.61. The van der Waals surface area contributed by atoms with E-state index in [0.717, 1.165) is 42.8 Å². The van der Waals surface area contributed by atoms with Crippen molar-refractivity contribution in [1.82, 2.24) is 14.8 Å². The number of carbonyl (C=O) groups excluding carboxylic acids is 1. The maximum Gasteiger partial charge on any atom is 0.241 e. The van der Waals surface area contributed by atoms with Crippen LogP contribution < -0.4 is 10.1 Å². The van der Waals surface area contributed by atoms with Crippen molar-refractivity contribution in [3.8, 4) is 5.88 Å². The predicted molar refractivity (Wildman–Crippen MR) is 95.5 cm³/mol. The molecule has 0 saturated carbocycles. The number of methoxy groups -OCH3 is 1. The van der Waals surface area contributed by atoms with Crippen LogP contribution in [-0.4, -0.2) is 67.1 Å². The van der Waals surface area contributed by atoms with Gasteiger partial charge in [0.25, 0.3) is 0 Å². The molecule has 0 radical (unpaired) electrons. The Morgan fingerprint density at radius 3 is 2.67 bits per heavy atom. The van der Waals surface area contributed by atoms with Crippen molar-refractivity contribution < 1.29 is 9.53 Å². The van der Waals surface area contributed by atoms with Gasteiger partial charge in [0.15, 0.2) is 0 Å². The van der Waals surface area contributed by atoms with Gasteiger partial charge in [-0.15, -0.1) is 0 Å². The lowest BCUT2D eigenvalue weighted by Gasteiger charge is -2.35. The van der Waals surface area contributed by atoms with Gasteiger partial charge in [-0.1, -0.05) is 0 Å². The quantitative estimate of drug-likeness (QED) is 0.928. The van der Waals surface area contributed by atoms with Crippen LogP contribution in [0.25, 0.3) is 10.9 Å². The number of carbonyl (C=O) groups is 1. The van der Waals surface area contributed by atoms with Gasteiger partial charge in [0.05, 0.1) is 18.7 Å². The van der Waals surface area contributed by atoms with Crippen molar-refractivity contribution in [2.75, 3.05) is 45.7 Å². The zero-order valence-electron chi connectivity index (χ0n) is 14.5. The number of fused-ring (bicyclic) bond motifs is 1. The number of nitrogens with zero attached hydrogens (tertiary/aromatic N) is 3. The van der Waals surface area contributed by atoms with Gasteiger partial charge in [-0.25, -0.2) is 4.98 Å². The van der Waals surface area contributed by atoms with Crippen molar-refractivity contribution in [3.05, 3.63) is 30.3 Å². The second-order valence-corrected chi connectivity index (χ2v) is 6.27. The first-order valence-corrected chi connectivity index (χ1v) is 8.25. The van der Waals surface area contributed by atoms with Crippen molar-refractivity contribution in [1.29, 1.82) is 0 Å².